The molecule has 0 spiro atoms. The quantitative estimate of drug-likeness (QED) is 0.418. The molecule has 4 aromatic rings. The second kappa shape index (κ2) is 8.28. The van der Waals surface area contributed by atoms with Crippen molar-refractivity contribution in [1.82, 2.24) is 15.3 Å². The SMILES string of the molecule is Fc1ccc(NCc2ccccc2)cc1-c1ccnc2[nH]c(C3CCCNC3)cc12. The molecule has 5 heteroatoms. The summed E-state index contributed by atoms with van der Waals surface area (Å²) >= 11 is 0. The minimum absolute atomic E-state index is 0.227. The molecule has 0 aliphatic carbocycles. The molecule has 2 aromatic carbocycles. The first-order valence-electron chi connectivity index (χ1n) is 10.5. The molecule has 0 amide bonds. The molecule has 1 aliphatic rings. The molecule has 1 atom stereocenters. The molecule has 1 unspecified atom stereocenters. The van der Waals surface area contributed by atoms with Gasteiger partial charge in [-0.05, 0) is 60.8 Å². The molecule has 1 saturated heterocycles. The van der Waals surface area contributed by atoms with Gasteiger partial charge in [-0.1, -0.05) is 30.3 Å². The number of H-pyrrole nitrogens is 1. The van der Waals surface area contributed by atoms with E-state index in [9.17, 15) is 4.39 Å². The molecule has 3 heterocycles. The molecule has 1 aliphatic heterocycles. The number of pyridine rings is 1. The van der Waals surface area contributed by atoms with Crippen LogP contribution in [-0.4, -0.2) is 23.1 Å². The molecule has 30 heavy (non-hydrogen) atoms. The smallest absolute Gasteiger partial charge is 0.138 e. The molecule has 3 N–H and O–H groups in total. The van der Waals surface area contributed by atoms with E-state index in [1.165, 1.54) is 23.7 Å². The maximum absolute atomic E-state index is 14.8. The predicted octanol–water partition coefficient (Wildman–Crippen LogP) is 5.45. The summed E-state index contributed by atoms with van der Waals surface area (Å²) in [6, 6.07) is 19.5. The fraction of sp³-hybridized carbons (Fsp3) is 0.240. The van der Waals surface area contributed by atoms with Crippen LogP contribution in [0.2, 0.25) is 0 Å². The molecular formula is C25H25FN4. The molecular weight excluding hydrogens is 375 g/mol. The number of aromatic amines is 1. The van der Waals surface area contributed by atoms with Gasteiger partial charge in [-0.15, -0.1) is 0 Å². The van der Waals surface area contributed by atoms with Crippen LogP contribution < -0.4 is 10.6 Å². The number of anilines is 1. The van der Waals surface area contributed by atoms with Gasteiger partial charge in [-0.25, -0.2) is 9.37 Å². The van der Waals surface area contributed by atoms with E-state index in [4.69, 9.17) is 0 Å². The van der Waals surface area contributed by atoms with Crippen LogP contribution in [0, 0.1) is 5.82 Å². The third kappa shape index (κ3) is 3.81. The van der Waals surface area contributed by atoms with Crippen molar-refractivity contribution >= 4 is 16.7 Å². The summed E-state index contributed by atoms with van der Waals surface area (Å²) in [5.74, 6) is 0.222. The third-order valence-corrected chi connectivity index (χ3v) is 5.89. The first-order valence-corrected chi connectivity index (χ1v) is 10.5. The van der Waals surface area contributed by atoms with Crippen molar-refractivity contribution in [2.45, 2.75) is 25.3 Å². The highest BCUT2D eigenvalue weighted by Gasteiger charge is 2.19. The normalized spacial score (nSPS) is 16.6. The molecule has 5 rings (SSSR count). The molecule has 152 valence electrons. The summed E-state index contributed by atoms with van der Waals surface area (Å²) in [5.41, 5.74) is 5.53. The number of piperidine rings is 1. The van der Waals surface area contributed by atoms with Crippen molar-refractivity contribution in [2.24, 2.45) is 0 Å². The Morgan fingerprint density at radius 1 is 1.03 bits per heavy atom. The summed E-state index contributed by atoms with van der Waals surface area (Å²) in [6.45, 7) is 2.74. The second-order valence-electron chi connectivity index (χ2n) is 7.92. The van der Waals surface area contributed by atoms with Gasteiger partial charge in [0.15, 0.2) is 0 Å². The number of aromatic nitrogens is 2. The summed E-state index contributed by atoms with van der Waals surface area (Å²) in [6.07, 6.45) is 4.08. The van der Waals surface area contributed by atoms with Crippen molar-refractivity contribution in [3.8, 4) is 11.1 Å². The van der Waals surface area contributed by atoms with E-state index < -0.39 is 0 Å². The molecule has 0 radical (unpaired) electrons. The van der Waals surface area contributed by atoms with Gasteiger partial charge in [0, 0.05) is 47.5 Å². The predicted molar refractivity (Wildman–Crippen MR) is 120 cm³/mol. The summed E-state index contributed by atoms with van der Waals surface area (Å²) < 4.78 is 14.8. The zero-order valence-electron chi connectivity index (χ0n) is 16.8. The highest BCUT2D eigenvalue weighted by Crippen LogP contribution is 2.34. The van der Waals surface area contributed by atoms with Crippen LogP contribution in [0.1, 0.15) is 30.0 Å². The summed E-state index contributed by atoms with van der Waals surface area (Å²) in [7, 11) is 0. The lowest BCUT2D eigenvalue weighted by atomic mass is 9.95. The number of hydrogen-bond acceptors (Lipinski definition) is 3. The Hall–Kier alpha value is -3.18. The van der Waals surface area contributed by atoms with E-state index in [0.717, 1.165) is 41.8 Å². The third-order valence-electron chi connectivity index (χ3n) is 5.89. The van der Waals surface area contributed by atoms with Crippen LogP contribution in [0.15, 0.2) is 66.9 Å². The Kier molecular flexibility index (Phi) is 5.20. The molecule has 0 saturated carbocycles. The first-order chi connectivity index (χ1) is 14.8. The Morgan fingerprint density at radius 2 is 1.93 bits per heavy atom. The van der Waals surface area contributed by atoms with Gasteiger partial charge in [0.05, 0.1) is 0 Å². The van der Waals surface area contributed by atoms with Crippen molar-refractivity contribution in [3.63, 3.8) is 0 Å². The average molecular weight is 401 g/mol. The number of nitrogens with one attached hydrogen (secondary N) is 3. The lowest BCUT2D eigenvalue weighted by Gasteiger charge is -2.21. The molecule has 1 fully saturated rings. The van der Waals surface area contributed by atoms with Crippen LogP contribution >= 0.6 is 0 Å². The first kappa shape index (κ1) is 18.8. The molecule has 2 aromatic heterocycles. The van der Waals surface area contributed by atoms with Gasteiger partial charge in [0.25, 0.3) is 0 Å². The van der Waals surface area contributed by atoms with Crippen LogP contribution in [0.25, 0.3) is 22.2 Å². The van der Waals surface area contributed by atoms with Crippen molar-refractivity contribution in [1.29, 1.82) is 0 Å². The zero-order chi connectivity index (χ0) is 20.3. The largest absolute Gasteiger partial charge is 0.381 e. The minimum atomic E-state index is -0.227. The topological polar surface area (TPSA) is 52.7 Å². The fourth-order valence-corrected chi connectivity index (χ4v) is 4.26. The highest BCUT2D eigenvalue weighted by molar-refractivity contribution is 5.94. The zero-order valence-corrected chi connectivity index (χ0v) is 16.8. The maximum Gasteiger partial charge on any atom is 0.138 e. The highest BCUT2D eigenvalue weighted by atomic mass is 19.1. The van der Waals surface area contributed by atoms with E-state index in [1.807, 2.05) is 30.3 Å². The van der Waals surface area contributed by atoms with Crippen LogP contribution in [-0.2, 0) is 6.54 Å². The minimum Gasteiger partial charge on any atom is -0.381 e. The molecule has 4 nitrogen and oxygen atoms in total. The molecule has 0 bridgehead atoms. The lowest BCUT2D eigenvalue weighted by molar-refractivity contribution is 0.456. The summed E-state index contributed by atoms with van der Waals surface area (Å²) in [4.78, 5) is 7.96. The number of hydrogen-bond donors (Lipinski definition) is 3. The standard InChI is InChI=1S/C25H25FN4/c26-23-9-8-19(29-15-17-5-2-1-3-6-17)13-21(23)20-10-12-28-25-22(20)14-24(30-25)18-7-4-11-27-16-18/h1-3,5-6,8-10,12-14,18,27,29H,4,7,11,15-16H2,(H,28,30). The van der Waals surface area contributed by atoms with Crippen molar-refractivity contribution < 1.29 is 4.39 Å². The number of rotatable bonds is 5. The van der Waals surface area contributed by atoms with Gasteiger partial charge >= 0.3 is 0 Å². The van der Waals surface area contributed by atoms with E-state index >= 15 is 0 Å². The average Bonchev–Trinajstić information content (AvgIpc) is 3.24. The van der Waals surface area contributed by atoms with Gasteiger partial charge in [-0.2, -0.15) is 0 Å². The number of benzene rings is 2. The Balaban J connectivity index is 1.47. The van der Waals surface area contributed by atoms with E-state index in [2.05, 4.69) is 38.8 Å². The summed E-state index contributed by atoms with van der Waals surface area (Å²) in [5, 5.41) is 7.83. The van der Waals surface area contributed by atoms with Gasteiger partial charge in [0.2, 0.25) is 0 Å². The van der Waals surface area contributed by atoms with Crippen molar-refractivity contribution in [2.75, 3.05) is 18.4 Å². The van der Waals surface area contributed by atoms with E-state index in [-0.39, 0.29) is 5.82 Å². The second-order valence-corrected chi connectivity index (χ2v) is 7.92. The van der Waals surface area contributed by atoms with Crippen molar-refractivity contribution in [3.05, 3.63) is 83.9 Å². The lowest BCUT2D eigenvalue weighted by Crippen LogP contribution is -2.28. The number of nitrogens with zero attached hydrogens (tertiary/aromatic N) is 1. The van der Waals surface area contributed by atoms with Crippen LogP contribution in [0.4, 0.5) is 10.1 Å². The Labute approximate surface area is 175 Å². The Bertz CT molecular complexity index is 1150. The Morgan fingerprint density at radius 3 is 2.77 bits per heavy atom. The van der Waals surface area contributed by atoms with Crippen LogP contribution in [0.3, 0.4) is 0 Å². The van der Waals surface area contributed by atoms with E-state index in [1.54, 1.807) is 12.3 Å². The van der Waals surface area contributed by atoms with E-state index in [0.29, 0.717) is 18.0 Å². The van der Waals surface area contributed by atoms with Crippen LogP contribution in [0.5, 0.6) is 0 Å². The number of fused-ring (bicyclic) bond motifs is 1. The number of halogens is 1. The maximum atomic E-state index is 14.8. The van der Waals surface area contributed by atoms with Gasteiger partial charge in [0.1, 0.15) is 11.5 Å². The van der Waals surface area contributed by atoms with Gasteiger partial charge < -0.3 is 15.6 Å². The fourth-order valence-electron chi connectivity index (χ4n) is 4.26. The van der Waals surface area contributed by atoms with Gasteiger partial charge in [-0.3, -0.25) is 0 Å². The monoisotopic (exact) mass is 400 g/mol.